The average Bonchev–Trinajstić information content (AvgIpc) is 2.93. The van der Waals surface area contributed by atoms with Crippen LogP contribution < -0.4 is 20.5 Å². The van der Waals surface area contributed by atoms with Crippen LogP contribution in [-0.2, 0) is 4.74 Å². The van der Waals surface area contributed by atoms with Gasteiger partial charge in [-0.3, -0.25) is 4.90 Å². The molecule has 8 nitrogen and oxygen atoms in total. The van der Waals surface area contributed by atoms with E-state index in [1.807, 2.05) is 39.0 Å². The lowest BCUT2D eigenvalue weighted by Crippen LogP contribution is -2.54. The molecule has 1 aromatic carbocycles. The Hall–Kier alpha value is -2.03. The maximum Gasteiger partial charge on any atom is 0.407 e. The summed E-state index contributed by atoms with van der Waals surface area (Å²) in [5.41, 5.74) is 6.68. The van der Waals surface area contributed by atoms with E-state index in [9.17, 15) is 9.90 Å². The predicted molar refractivity (Wildman–Crippen MR) is 116 cm³/mol. The van der Waals surface area contributed by atoms with Crippen molar-refractivity contribution in [3.63, 3.8) is 0 Å². The molecule has 2 bridgehead atoms. The van der Waals surface area contributed by atoms with Crippen molar-refractivity contribution in [2.75, 3.05) is 19.8 Å². The predicted octanol–water partition coefficient (Wildman–Crippen LogP) is 2.34. The maximum absolute atomic E-state index is 12.1. The van der Waals surface area contributed by atoms with Gasteiger partial charge in [0.1, 0.15) is 18.8 Å². The molecule has 1 amide bonds. The van der Waals surface area contributed by atoms with Gasteiger partial charge < -0.3 is 30.4 Å². The third-order valence-corrected chi connectivity index (χ3v) is 6.34. The van der Waals surface area contributed by atoms with E-state index in [0.717, 1.165) is 31.2 Å². The Labute approximate surface area is 184 Å². The van der Waals surface area contributed by atoms with Crippen LogP contribution in [0.5, 0.6) is 11.5 Å². The lowest BCUT2D eigenvalue weighted by Gasteiger charge is -2.41. The first kappa shape index (κ1) is 22.2. The molecule has 4 N–H and O–H groups in total. The van der Waals surface area contributed by atoms with Crippen molar-refractivity contribution in [1.29, 1.82) is 0 Å². The van der Waals surface area contributed by atoms with Crippen molar-refractivity contribution in [1.82, 2.24) is 10.2 Å². The molecule has 3 aliphatic heterocycles. The number of piperidine rings is 1. The Kier molecular flexibility index (Phi) is 6.32. The second-order valence-electron chi connectivity index (χ2n) is 9.91. The highest BCUT2D eigenvalue weighted by atomic mass is 16.6. The summed E-state index contributed by atoms with van der Waals surface area (Å²) in [6, 6.07) is 5.92. The van der Waals surface area contributed by atoms with Crippen LogP contribution in [0.15, 0.2) is 18.2 Å². The number of carbonyl (C=O) groups is 1. The molecular weight excluding hydrogens is 398 g/mol. The standard InChI is InChI=1S/C23H35N3O5/c1-23(2,3)31-22(28)25-15-11-16-5-6-17(12-15)26(16)13-18(24)21(27)14-4-7-19-20(10-14)30-9-8-29-19/h4,7,10,15-18,21,27H,5-6,8-9,11-13,24H2,1-3H3,(H,25,28). The maximum atomic E-state index is 12.1. The zero-order valence-electron chi connectivity index (χ0n) is 18.7. The normalized spacial score (nSPS) is 27.5. The number of aliphatic hydroxyl groups is 1. The number of rotatable bonds is 5. The van der Waals surface area contributed by atoms with Crippen LogP contribution >= 0.6 is 0 Å². The second kappa shape index (κ2) is 8.84. The van der Waals surface area contributed by atoms with E-state index in [0.29, 0.717) is 43.3 Å². The van der Waals surface area contributed by atoms with Gasteiger partial charge in [0, 0.05) is 30.7 Å². The zero-order valence-corrected chi connectivity index (χ0v) is 18.7. The highest BCUT2D eigenvalue weighted by Crippen LogP contribution is 2.37. The minimum Gasteiger partial charge on any atom is -0.486 e. The van der Waals surface area contributed by atoms with Crippen molar-refractivity contribution in [2.24, 2.45) is 5.73 Å². The van der Waals surface area contributed by atoms with Gasteiger partial charge in [-0.1, -0.05) is 6.07 Å². The molecule has 4 atom stereocenters. The first-order chi connectivity index (χ1) is 14.7. The molecule has 0 radical (unpaired) electrons. The van der Waals surface area contributed by atoms with Crippen molar-refractivity contribution in [3.05, 3.63) is 23.8 Å². The van der Waals surface area contributed by atoms with Crippen LogP contribution in [-0.4, -0.2) is 65.6 Å². The Bertz CT molecular complexity index is 782. The quantitative estimate of drug-likeness (QED) is 0.654. The van der Waals surface area contributed by atoms with Crippen LogP contribution in [0.2, 0.25) is 0 Å². The van der Waals surface area contributed by atoms with Gasteiger partial charge in [0.25, 0.3) is 0 Å². The summed E-state index contributed by atoms with van der Waals surface area (Å²) in [4.78, 5) is 14.6. The third-order valence-electron chi connectivity index (χ3n) is 6.34. The average molecular weight is 434 g/mol. The van der Waals surface area contributed by atoms with Gasteiger partial charge >= 0.3 is 6.09 Å². The van der Waals surface area contributed by atoms with Gasteiger partial charge in [0.2, 0.25) is 0 Å². The lowest BCUT2D eigenvalue weighted by molar-refractivity contribution is 0.0409. The summed E-state index contributed by atoms with van der Waals surface area (Å²) in [7, 11) is 0. The number of benzene rings is 1. The van der Waals surface area contributed by atoms with E-state index in [-0.39, 0.29) is 12.1 Å². The molecule has 1 aromatic rings. The molecule has 3 heterocycles. The van der Waals surface area contributed by atoms with Crippen molar-refractivity contribution >= 4 is 6.09 Å². The van der Waals surface area contributed by atoms with Crippen LogP contribution in [0.1, 0.15) is 58.1 Å². The number of nitrogens with zero attached hydrogens (tertiary/aromatic N) is 1. The lowest BCUT2D eigenvalue weighted by atomic mass is 9.95. The van der Waals surface area contributed by atoms with Gasteiger partial charge in [-0.15, -0.1) is 0 Å². The van der Waals surface area contributed by atoms with Gasteiger partial charge in [0.05, 0.1) is 6.10 Å². The fourth-order valence-corrected chi connectivity index (χ4v) is 5.00. The van der Waals surface area contributed by atoms with Gasteiger partial charge in [-0.05, 0) is 64.2 Å². The molecule has 31 heavy (non-hydrogen) atoms. The number of hydrogen-bond donors (Lipinski definition) is 3. The number of aliphatic hydroxyl groups excluding tert-OH is 1. The summed E-state index contributed by atoms with van der Waals surface area (Å²) in [6.45, 7) is 7.27. The fraction of sp³-hybridized carbons (Fsp3) is 0.696. The van der Waals surface area contributed by atoms with E-state index < -0.39 is 17.7 Å². The molecule has 0 aliphatic carbocycles. The first-order valence-electron chi connectivity index (χ1n) is 11.3. The topological polar surface area (TPSA) is 106 Å². The summed E-state index contributed by atoms with van der Waals surface area (Å²) in [5, 5.41) is 13.9. The van der Waals surface area contributed by atoms with E-state index in [4.69, 9.17) is 19.9 Å². The first-order valence-corrected chi connectivity index (χ1v) is 11.3. The highest BCUT2D eigenvalue weighted by Gasteiger charge is 2.42. The van der Waals surface area contributed by atoms with Crippen LogP contribution in [0, 0.1) is 0 Å². The Morgan fingerprint density at radius 2 is 1.87 bits per heavy atom. The molecular formula is C23H35N3O5. The molecule has 8 heteroatoms. The van der Waals surface area contributed by atoms with Gasteiger partial charge in [0.15, 0.2) is 11.5 Å². The summed E-state index contributed by atoms with van der Waals surface area (Å²) in [5.74, 6) is 1.36. The summed E-state index contributed by atoms with van der Waals surface area (Å²) >= 11 is 0. The molecule has 4 rings (SSSR count). The van der Waals surface area contributed by atoms with E-state index >= 15 is 0 Å². The molecule has 4 unspecified atom stereocenters. The van der Waals surface area contributed by atoms with E-state index in [1.165, 1.54) is 0 Å². The largest absolute Gasteiger partial charge is 0.486 e. The Morgan fingerprint density at radius 3 is 2.52 bits per heavy atom. The molecule has 0 saturated carbocycles. The minimum absolute atomic E-state index is 0.113. The smallest absolute Gasteiger partial charge is 0.407 e. The number of carbonyl (C=O) groups excluding carboxylic acids is 1. The molecule has 2 saturated heterocycles. The number of alkyl carbamates (subject to hydrolysis) is 1. The van der Waals surface area contributed by atoms with E-state index in [2.05, 4.69) is 10.2 Å². The van der Waals surface area contributed by atoms with Gasteiger partial charge in [-0.2, -0.15) is 0 Å². The van der Waals surface area contributed by atoms with Crippen molar-refractivity contribution in [2.45, 2.75) is 82.3 Å². The van der Waals surface area contributed by atoms with Crippen LogP contribution in [0.4, 0.5) is 4.79 Å². The van der Waals surface area contributed by atoms with Crippen molar-refractivity contribution in [3.8, 4) is 11.5 Å². The molecule has 172 valence electrons. The highest BCUT2D eigenvalue weighted by molar-refractivity contribution is 5.68. The van der Waals surface area contributed by atoms with Crippen LogP contribution in [0.25, 0.3) is 0 Å². The molecule has 0 aromatic heterocycles. The number of nitrogens with one attached hydrogen (secondary N) is 1. The van der Waals surface area contributed by atoms with Crippen molar-refractivity contribution < 1.29 is 24.1 Å². The fourth-order valence-electron chi connectivity index (χ4n) is 5.00. The molecule has 0 spiro atoms. The Morgan fingerprint density at radius 1 is 1.23 bits per heavy atom. The zero-order chi connectivity index (χ0) is 22.2. The SMILES string of the molecule is CC(C)(C)OC(=O)NC1CC2CCC(C1)N2CC(N)C(O)c1ccc2c(c1)OCCO2. The monoisotopic (exact) mass is 433 g/mol. The van der Waals surface area contributed by atoms with E-state index in [1.54, 1.807) is 0 Å². The minimum atomic E-state index is -0.784. The summed E-state index contributed by atoms with van der Waals surface area (Å²) < 4.78 is 16.6. The second-order valence-corrected chi connectivity index (χ2v) is 9.91. The summed E-state index contributed by atoms with van der Waals surface area (Å²) in [6.07, 6.45) is 2.79. The molecule has 3 aliphatic rings. The van der Waals surface area contributed by atoms with Crippen LogP contribution in [0.3, 0.4) is 0 Å². The number of hydrogen-bond acceptors (Lipinski definition) is 7. The number of amides is 1. The number of nitrogens with two attached hydrogens (primary N) is 1. The Balaban J connectivity index is 1.33. The molecule has 2 fully saturated rings. The third kappa shape index (κ3) is 5.25. The number of ether oxygens (including phenoxy) is 3. The van der Waals surface area contributed by atoms with Gasteiger partial charge in [-0.25, -0.2) is 4.79 Å². The number of fused-ring (bicyclic) bond motifs is 3.